The number of nitrogens with zero attached hydrogens (tertiary/aromatic N) is 1. The summed E-state index contributed by atoms with van der Waals surface area (Å²) in [4.78, 5) is 25.0. The van der Waals surface area contributed by atoms with Crippen molar-refractivity contribution in [3.8, 4) is 0 Å². The Hall–Kier alpha value is -1.06. The molecule has 0 aliphatic carbocycles. The molecule has 0 saturated carbocycles. The van der Waals surface area contributed by atoms with E-state index in [-0.39, 0.29) is 24.0 Å². The number of unbranched alkanes of at least 4 members (excludes halogenated alkanes) is 2. The Kier molecular flexibility index (Phi) is 4.77. The molecule has 1 aliphatic rings. The summed E-state index contributed by atoms with van der Waals surface area (Å²) in [5.41, 5.74) is -0.505. The van der Waals surface area contributed by atoms with Gasteiger partial charge in [0.2, 0.25) is 0 Å². The largest absolute Gasteiger partial charge is 0.444 e. The first-order valence-electron chi connectivity index (χ1n) is 6.79. The molecule has 1 aliphatic heterocycles. The van der Waals surface area contributed by atoms with Gasteiger partial charge in [-0.1, -0.05) is 26.2 Å². The molecule has 0 N–H and O–H groups in total. The zero-order chi connectivity index (χ0) is 13.9. The summed E-state index contributed by atoms with van der Waals surface area (Å²) in [5.74, 6) is 0.0577. The molecule has 4 heteroatoms. The average molecular weight is 255 g/mol. The molecule has 0 aromatic carbocycles. The van der Waals surface area contributed by atoms with Crippen molar-refractivity contribution in [1.29, 1.82) is 0 Å². The molecule has 1 amide bonds. The van der Waals surface area contributed by atoms with Crippen LogP contribution in [0.25, 0.3) is 0 Å². The molecule has 1 fully saturated rings. The lowest BCUT2D eigenvalue weighted by Gasteiger charge is -2.20. The number of carbonyl (C=O) groups is 2. The van der Waals surface area contributed by atoms with Gasteiger partial charge in [-0.15, -0.1) is 0 Å². The van der Waals surface area contributed by atoms with Crippen molar-refractivity contribution in [2.45, 2.75) is 78.0 Å². The van der Waals surface area contributed by atoms with Gasteiger partial charge in [0.15, 0.2) is 5.78 Å². The van der Waals surface area contributed by atoms with Crippen molar-refractivity contribution >= 4 is 11.9 Å². The van der Waals surface area contributed by atoms with Gasteiger partial charge >= 0.3 is 6.09 Å². The molecule has 1 heterocycles. The highest BCUT2D eigenvalue weighted by molar-refractivity contribution is 5.91. The Bertz CT molecular complexity index is 319. The third-order valence-electron chi connectivity index (χ3n) is 3.06. The third kappa shape index (κ3) is 4.00. The summed E-state index contributed by atoms with van der Waals surface area (Å²) in [6.45, 7) is 9.19. The van der Waals surface area contributed by atoms with Crippen LogP contribution in [0.2, 0.25) is 0 Å². The van der Waals surface area contributed by atoms with E-state index < -0.39 is 5.60 Å². The summed E-state index contributed by atoms with van der Waals surface area (Å²) >= 11 is 0. The number of Topliss-reactive ketones (excluding diaryl/α,β-unsaturated/α-hetero) is 1. The van der Waals surface area contributed by atoms with Crippen LogP contribution < -0.4 is 0 Å². The van der Waals surface area contributed by atoms with Gasteiger partial charge in [0.25, 0.3) is 0 Å². The van der Waals surface area contributed by atoms with Gasteiger partial charge in [-0.05, 0) is 34.1 Å². The number of ketones is 1. The van der Waals surface area contributed by atoms with Gasteiger partial charge in [-0.25, -0.2) is 4.79 Å². The monoisotopic (exact) mass is 255 g/mol. The highest BCUT2D eigenvalue weighted by atomic mass is 16.6. The average Bonchev–Trinajstić information content (AvgIpc) is 2.90. The van der Waals surface area contributed by atoms with Crippen molar-refractivity contribution < 1.29 is 14.3 Å². The van der Waals surface area contributed by atoms with E-state index in [1.54, 1.807) is 11.8 Å². The smallest absolute Gasteiger partial charge is 0.411 e. The predicted molar refractivity (Wildman–Crippen MR) is 70.5 cm³/mol. The Labute approximate surface area is 110 Å². The van der Waals surface area contributed by atoms with E-state index in [9.17, 15) is 9.59 Å². The minimum atomic E-state index is -0.505. The first-order chi connectivity index (χ1) is 8.28. The Morgan fingerprint density at radius 2 is 1.83 bits per heavy atom. The Morgan fingerprint density at radius 3 is 2.28 bits per heavy atom. The van der Waals surface area contributed by atoms with Crippen LogP contribution in [0.4, 0.5) is 4.79 Å². The fourth-order valence-electron chi connectivity index (χ4n) is 2.21. The summed E-state index contributed by atoms with van der Waals surface area (Å²) in [6.07, 6.45) is 3.89. The molecule has 0 aromatic rings. The zero-order valence-electron chi connectivity index (χ0n) is 12.2. The maximum absolute atomic E-state index is 11.9. The van der Waals surface area contributed by atoms with Crippen LogP contribution in [-0.2, 0) is 9.53 Å². The van der Waals surface area contributed by atoms with E-state index in [0.717, 1.165) is 25.7 Å². The summed E-state index contributed by atoms with van der Waals surface area (Å²) in [7, 11) is 0. The number of amides is 1. The van der Waals surface area contributed by atoms with Crippen molar-refractivity contribution in [1.82, 2.24) is 4.90 Å². The minimum Gasteiger partial charge on any atom is -0.444 e. The second-order valence-electron chi connectivity index (χ2n) is 6.01. The Balaban J connectivity index is 2.53. The fourth-order valence-corrected chi connectivity index (χ4v) is 2.21. The number of ether oxygens (including phenoxy) is 1. The van der Waals surface area contributed by atoms with Gasteiger partial charge in [0, 0.05) is 0 Å². The molecule has 104 valence electrons. The van der Waals surface area contributed by atoms with Crippen LogP contribution in [0.3, 0.4) is 0 Å². The van der Waals surface area contributed by atoms with E-state index in [1.165, 1.54) is 0 Å². The molecule has 2 unspecified atom stereocenters. The van der Waals surface area contributed by atoms with Crippen molar-refractivity contribution in [2.75, 3.05) is 0 Å². The van der Waals surface area contributed by atoms with E-state index in [4.69, 9.17) is 4.74 Å². The molecule has 1 saturated heterocycles. The number of carbonyl (C=O) groups excluding carboxylic acids is 2. The molecular weight excluding hydrogens is 230 g/mol. The van der Waals surface area contributed by atoms with E-state index in [1.807, 2.05) is 20.8 Å². The summed E-state index contributed by atoms with van der Waals surface area (Å²) in [5, 5.41) is 0. The molecule has 0 aromatic heterocycles. The second kappa shape index (κ2) is 5.72. The third-order valence-corrected chi connectivity index (χ3v) is 3.06. The molecule has 18 heavy (non-hydrogen) atoms. The molecule has 0 spiro atoms. The number of hydrogen-bond acceptors (Lipinski definition) is 3. The van der Waals surface area contributed by atoms with Crippen molar-refractivity contribution in [3.05, 3.63) is 0 Å². The predicted octanol–water partition coefficient (Wildman–Crippen LogP) is 3.14. The lowest BCUT2D eigenvalue weighted by atomic mass is 10.1. The van der Waals surface area contributed by atoms with Gasteiger partial charge in [-0.2, -0.15) is 0 Å². The SMILES string of the molecule is CCCCCC1C(C(C)=O)N1C(=O)OC(C)(C)C. The van der Waals surface area contributed by atoms with Crippen LogP contribution in [0.5, 0.6) is 0 Å². The molecule has 4 nitrogen and oxygen atoms in total. The second-order valence-corrected chi connectivity index (χ2v) is 6.01. The number of rotatable bonds is 5. The first kappa shape index (κ1) is 15.0. The number of hydrogen-bond donors (Lipinski definition) is 0. The minimum absolute atomic E-state index is 0.0577. The van der Waals surface area contributed by atoms with Crippen LogP contribution in [-0.4, -0.2) is 34.5 Å². The van der Waals surface area contributed by atoms with Crippen LogP contribution >= 0.6 is 0 Å². The lowest BCUT2D eigenvalue weighted by molar-refractivity contribution is -0.117. The summed E-state index contributed by atoms with van der Waals surface area (Å²) in [6, 6.07) is -0.194. The molecule has 0 bridgehead atoms. The van der Waals surface area contributed by atoms with Gasteiger partial charge < -0.3 is 4.74 Å². The maximum Gasteiger partial charge on any atom is 0.411 e. The quantitative estimate of drug-likeness (QED) is 0.560. The molecular formula is C14H25NO3. The van der Waals surface area contributed by atoms with Crippen molar-refractivity contribution in [2.24, 2.45) is 0 Å². The lowest BCUT2D eigenvalue weighted by Crippen LogP contribution is -2.29. The highest BCUT2D eigenvalue weighted by Gasteiger charge is 2.54. The topological polar surface area (TPSA) is 46.4 Å². The van der Waals surface area contributed by atoms with Gasteiger partial charge in [0.05, 0.1) is 6.04 Å². The van der Waals surface area contributed by atoms with E-state index in [2.05, 4.69) is 6.92 Å². The zero-order valence-corrected chi connectivity index (χ0v) is 12.2. The van der Waals surface area contributed by atoms with Crippen LogP contribution in [0.1, 0.15) is 60.3 Å². The molecule has 2 atom stereocenters. The van der Waals surface area contributed by atoms with Crippen LogP contribution in [0, 0.1) is 0 Å². The Morgan fingerprint density at radius 1 is 1.22 bits per heavy atom. The van der Waals surface area contributed by atoms with Gasteiger partial charge in [0.1, 0.15) is 11.6 Å². The fraction of sp³-hybridized carbons (Fsp3) is 0.857. The normalized spacial score (nSPS) is 22.8. The molecule has 1 rings (SSSR count). The van der Waals surface area contributed by atoms with E-state index in [0.29, 0.717) is 0 Å². The maximum atomic E-state index is 11.9. The summed E-state index contributed by atoms with van der Waals surface area (Å²) < 4.78 is 5.31. The van der Waals surface area contributed by atoms with Crippen LogP contribution in [0.15, 0.2) is 0 Å². The first-order valence-corrected chi connectivity index (χ1v) is 6.79. The molecule has 0 radical (unpaired) electrons. The van der Waals surface area contributed by atoms with Gasteiger partial charge in [-0.3, -0.25) is 9.69 Å². The van der Waals surface area contributed by atoms with E-state index >= 15 is 0 Å². The standard InChI is InChI=1S/C14H25NO3/c1-6-7-8-9-11-12(10(2)16)15(11)13(17)18-14(3,4)5/h11-12H,6-9H2,1-5H3. The highest BCUT2D eigenvalue weighted by Crippen LogP contribution is 2.35. The van der Waals surface area contributed by atoms with Crippen molar-refractivity contribution in [3.63, 3.8) is 0 Å².